The van der Waals surface area contributed by atoms with Crippen molar-refractivity contribution in [2.45, 2.75) is 49.5 Å². The number of benzene rings is 1. The summed E-state index contributed by atoms with van der Waals surface area (Å²) in [5.41, 5.74) is 6.52. The molecule has 0 unspecified atom stereocenters. The second-order valence-corrected chi connectivity index (χ2v) is 12.6. The van der Waals surface area contributed by atoms with Crippen molar-refractivity contribution in [1.82, 2.24) is 19.9 Å². The SMILES string of the molecule is COc1cc(C(=O)NC[C@](O)(c2cc3c(c(-c4ccc(F)c(Cl)c4)n2)OC[C@]3(C)C(N)=O)C2CC2)cc2cc(C3CC3)nn12. The first-order valence-electron chi connectivity index (χ1n) is 14.5. The number of carbonyl (C=O) groups is 2. The molecule has 2 aliphatic carbocycles. The summed E-state index contributed by atoms with van der Waals surface area (Å²) in [6.45, 7) is 1.49. The van der Waals surface area contributed by atoms with Gasteiger partial charge in [-0.25, -0.2) is 13.9 Å². The third kappa shape index (κ3) is 4.66. The molecule has 7 rings (SSSR count). The van der Waals surface area contributed by atoms with Gasteiger partial charge in [-0.3, -0.25) is 9.59 Å². The van der Waals surface area contributed by atoms with E-state index in [4.69, 9.17) is 31.8 Å². The van der Waals surface area contributed by atoms with Gasteiger partial charge in [-0.05, 0) is 74.9 Å². The fourth-order valence-electron chi connectivity index (χ4n) is 5.91. The number of primary amides is 1. The second kappa shape index (κ2) is 10.2. The minimum absolute atomic E-state index is 0.0231. The number of methoxy groups -OCH3 is 1. The molecule has 0 spiro atoms. The van der Waals surface area contributed by atoms with Crippen LogP contribution in [0, 0.1) is 11.7 Å². The maximum Gasteiger partial charge on any atom is 0.251 e. The van der Waals surface area contributed by atoms with Crippen molar-refractivity contribution in [3.05, 3.63) is 75.8 Å². The van der Waals surface area contributed by atoms with Crippen LogP contribution in [-0.4, -0.2) is 51.8 Å². The number of nitrogens with two attached hydrogens (primary N) is 1. The van der Waals surface area contributed by atoms with Crippen LogP contribution in [0.25, 0.3) is 16.8 Å². The van der Waals surface area contributed by atoms with E-state index in [1.807, 2.05) is 6.07 Å². The van der Waals surface area contributed by atoms with Crippen molar-refractivity contribution in [2.24, 2.45) is 11.7 Å². The van der Waals surface area contributed by atoms with E-state index in [2.05, 4.69) is 10.4 Å². The summed E-state index contributed by atoms with van der Waals surface area (Å²) < 4.78 is 27.2. The standard InChI is InChI=1S/C32H31ClFN5O5/c1-31(30(35)41)15-44-28-21(31)13-25(37-27(28)17-5-8-23(34)22(33)10-17)32(42,19-6-7-19)14-36-29(40)18-9-20-12-24(16-3-4-16)38-39(20)26(11-18)43-2/h5,8-13,16,19,42H,3-4,6-7,14-15H2,1-2H3,(H2,35,41)(H,36,40)/t31-,32+/m0/s1. The number of fused-ring (bicyclic) bond motifs is 2. The number of hydrogen-bond acceptors (Lipinski definition) is 7. The Morgan fingerprint density at radius 1 is 1.23 bits per heavy atom. The van der Waals surface area contributed by atoms with Gasteiger partial charge in [0, 0.05) is 28.7 Å². The molecule has 10 nitrogen and oxygen atoms in total. The number of carbonyl (C=O) groups excluding carboxylic acids is 2. The number of nitrogens with zero attached hydrogens (tertiary/aromatic N) is 3. The third-order valence-electron chi connectivity index (χ3n) is 9.04. The second-order valence-electron chi connectivity index (χ2n) is 12.2. The first kappa shape index (κ1) is 28.5. The Morgan fingerprint density at radius 2 is 2.00 bits per heavy atom. The summed E-state index contributed by atoms with van der Waals surface area (Å²) in [6.07, 6.45) is 3.62. The number of halogens is 2. The summed E-state index contributed by atoms with van der Waals surface area (Å²) in [4.78, 5) is 30.9. The van der Waals surface area contributed by atoms with Crippen LogP contribution in [0.3, 0.4) is 0 Å². The molecule has 4 heterocycles. The van der Waals surface area contributed by atoms with E-state index < -0.39 is 28.6 Å². The van der Waals surface area contributed by atoms with Crippen molar-refractivity contribution in [3.8, 4) is 22.9 Å². The van der Waals surface area contributed by atoms with Gasteiger partial charge in [0.15, 0.2) is 0 Å². The molecule has 228 valence electrons. The van der Waals surface area contributed by atoms with Crippen molar-refractivity contribution < 1.29 is 28.6 Å². The molecule has 4 aromatic rings. The van der Waals surface area contributed by atoms with Crippen molar-refractivity contribution >= 4 is 28.9 Å². The molecule has 3 aromatic heterocycles. The molecule has 1 aromatic carbocycles. The zero-order valence-corrected chi connectivity index (χ0v) is 24.9. The van der Waals surface area contributed by atoms with Crippen molar-refractivity contribution in [3.63, 3.8) is 0 Å². The third-order valence-corrected chi connectivity index (χ3v) is 9.33. The topological polar surface area (TPSA) is 141 Å². The molecule has 0 radical (unpaired) electrons. The number of ether oxygens (including phenoxy) is 2. The van der Waals surface area contributed by atoms with Gasteiger partial charge in [0.05, 0.1) is 35.6 Å². The van der Waals surface area contributed by atoms with Crippen LogP contribution in [0.2, 0.25) is 5.02 Å². The number of nitrogens with one attached hydrogen (secondary N) is 1. The molecule has 1 aliphatic heterocycles. The highest BCUT2D eigenvalue weighted by molar-refractivity contribution is 6.31. The van der Waals surface area contributed by atoms with Gasteiger partial charge in [-0.1, -0.05) is 11.6 Å². The summed E-state index contributed by atoms with van der Waals surface area (Å²) >= 11 is 6.10. The monoisotopic (exact) mass is 619 g/mol. The Labute approximate surface area is 257 Å². The zero-order valence-electron chi connectivity index (χ0n) is 24.2. The zero-order chi connectivity index (χ0) is 31.0. The van der Waals surface area contributed by atoms with E-state index in [1.165, 1.54) is 25.3 Å². The number of amides is 2. The molecular weight excluding hydrogens is 589 g/mol. The Bertz CT molecular complexity index is 1850. The van der Waals surface area contributed by atoms with Crippen LogP contribution in [-0.2, 0) is 15.8 Å². The Morgan fingerprint density at radius 3 is 2.66 bits per heavy atom. The summed E-state index contributed by atoms with van der Waals surface area (Å²) in [6, 6.07) is 11.1. The highest BCUT2D eigenvalue weighted by Crippen LogP contribution is 2.50. The van der Waals surface area contributed by atoms with Gasteiger partial charge in [-0.15, -0.1) is 0 Å². The minimum Gasteiger partial charge on any atom is -0.489 e. The predicted octanol–water partition coefficient (Wildman–Crippen LogP) is 4.24. The lowest BCUT2D eigenvalue weighted by molar-refractivity contribution is -0.123. The number of aliphatic hydroxyl groups is 1. The molecule has 12 heteroatoms. The number of rotatable bonds is 9. The molecule has 0 saturated heterocycles. The Hall–Kier alpha value is -4.22. The van der Waals surface area contributed by atoms with Crippen molar-refractivity contribution in [2.75, 3.05) is 20.3 Å². The maximum absolute atomic E-state index is 14.1. The summed E-state index contributed by atoms with van der Waals surface area (Å²) in [5, 5.41) is 19.6. The minimum atomic E-state index is -1.59. The van der Waals surface area contributed by atoms with Crippen LogP contribution in [0.15, 0.2) is 42.5 Å². The summed E-state index contributed by atoms with van der Waals surface area (Å²) in [5.74, 6) is -0.643. The normalized spacial score (nSPS) is 20.6. The Balaban J connectivity index is 1.26. The number of pyridine rings is 2. The van der Waals surface area contributed by atoms with E-state index in [0.717, 1.165) is 24.1 Å². The molecule has 2 amide bonds. The first-order chi connectivity index (χ1) is 21.0. The quantitative estimate of drug-likeness (QED) is 0.254. The van der Waals surface area contributed by atoms with Crippen LogP contribution in [0.5, 0.6) is 11.6 Å². The lowest BCUT2D eigenvalue weighted by Crippen LogP contribution is -2.44. The fourth-order valence-corrected chi connectivity index (χ4v) is 6.10. The van der Waals surface area contributed by atoms with E-state index >= 15 is 0 Å². The molecular formula is C32H31ClFN5O5. The number of hydrogen-bond donors (Lipinski definition) is 3. The molecule has 2 atom stereocenters. The van der Waals surface area contributed by atoms with E-state index in [1.54, 1.807) is 29.6 Å². The van der Waals surface area contributed by atoms with Gasteiger partial charge < -0.3 is 25.6 Å². The predicted molar refractivity (Wildman–Crippen MR) is 159 cm³/mol. The highest BCUT2D eigenvalue weighted by atomic mass is 35.5. The fraction of sp³-hybridized carbons (Fsp3) is 0.375. The van der Waals surface area contributed by atoms with E-state index in [0.29, 0.717) is 47.1 Å². The van der Waals surface area contributed by atoms with Crippen LogP contribution < -0.4 is 20.5 Å². The maximum atomic E-state index is 14.1. The average molecular weight is 620 g/mol. The van der Waals surface area contributed by atoms with Gasteiger partial charge in [0.1, 0.15) is 34.9 Å². The highest BCUT2D eigenvalue weighted by Gasteiger charge is 2.50. The molecule has 3 aliphatic rings. The van der Waals surface area contributed by atoms with Crippen LogP contribution >= 0.6 is 11.6 Å². The molecule has 2 fully saturated rings. The summed E-state index contributed by atoms with van der Waals surface area (Å²) in [7, 11) is 1.52. The molecule has 44 heavy (non-hydrogen) atoms. The van der Waals surface area contributed by atoms with Gasteiger partial charge in [0.25, 0.3) is 5.91 Å². The lowest BCUT2D eigenvalue weighted by atomic mass is 9.81. The smallest absolute Gasteiger partial charge is 0.251 e. The Kier molecular flexibility index (Phi) is 6.60. The van der Waals surface area contributed by atoms with Crippen molar-refractivity contribution in [1.29, 1.82) is 0 Å². The molecule has 0 bridgehead atoms. The van der Waals surface area contributed by atoms with E-state index in [-0.39, 0.29) is 35.5 Å². The number of aromatic nitrogens is 3. The molecule has 4 N–H and O–H groups in total. The van der Waals surface area contributed by atoms with Gasteiger partial charge in [0.2, 0.25) is 11.8 Å². The van der Waals surface area contributed by atoms with Crippen LogP contribution in [0.1, 0.15) is 65.8 Å². The van der Waals surface area contributed by atoms with Gasteiger partial charge >= 0.3 is 0 Å². The largest absolute Gasteiger partial charge is 0.489 e. The first-order valence-corrected chi connectivity index (χ1v) is 14.9. The lowest BCUT2D eigenvalue weighted by Gasteiger charge is -2.30. The average Bonchev–Trinajstić information content (AvgIpc) is 3.96. The van der Waals surface area contributed by atoms with Crippen LogP contribution in [0.4, 0.5) is 4.39 Å². The van der Waals surface area contributed by atoms with E-state index in [9.17, 15) is 19.1 Å². The van der Waals surface area contributed by atoms with Gasteiger partial charge in [-0.2, -0.15) is 5.10 Å². The molecule has 2 saturated carbocycles.